The summed E-state index contributed by atoms with van der Waals surface area (Å²) < 4.78 is 18.2. The Morgan fingerprint density at radius 3 is 2.73 bits per heavy atom. The van der Waals surface area contributed by atoms with E-state index in [-0.39, 0.29) is 11.7 Å². The molecule has 0 aliphatic rings. The van der Waals surface area contributed by atoms with E-state index in [1.807, 2.05) is 0 Å². The van der Waals surface area contributed by atoms with Crippen LogP contribution < -0.4 is 10.5 Å². The number of pyridine rings is 1. The van der Waals surface area contributed by atoms with E-state index in [4.69, 9.17) is 10.5 Å². The predicted molar refractivity (Wildman–Crippen MR) is 81.0 cm³/mol. The number of nitrogens with zero attached hydrogens (tertiary/aromatic N) is 2. The van der Waals surface area contributed by atoms with Crippen LogP contribution in [0.15, 0.2) is 42.6 Å². The Kier molecular flexibility index (Phi) is 5.43. The second kappa shape index (κ2) is 7.51. The van der Waals surface area contributed by atoms with Crippen molar-refractivity contribution in [3.05, 3.63) is 59.7 Å². The maximum atomic E-state index is 12.8. The number of ether oxygens (including phenoxy) is 1. The Balaban J connectivity index is 1.87. The summed E-state index contributed by atoms with van der Waals surface area (Å²) in [6.45, 7) is 1.03. The topological polar surface area (TPSA) is 68.5 Å². The maximum absolute atomic E-state index is 12.8. The van der Waals surface area contributed by atoms with Gasteiger partial charge in [0, 0.05) is 25.4 Å². The standard InChI is InChI=1S/C16H18FN3O2/c1-20(8-9-22-15-4-2-13(17)3-5-15)16(21)12-6-7-19-14(10-12)11-18/h2-7,10H,8-9,11,18H2,1H3. The van der Waals surface area contributed by atoms with Crippen molar-refractivity contribution in [3.8, 4) is 5.75 Å². The third-order valence-corrected chi connectivity index (χ3v) is 3.13. The number of amides is 1. The van der Waals surface area contributed by atoms with Gasteiger partial charge in [-0.05, 0) is 36.4 Å². The van der Waals surface area contributed by atoms with Crippen molar-refractivity contribution in [2.24, 2.45) is 5.73 Å². The molecule has 0 aliphatic heterocycles. The lowest BCUT2D eigenvalue weighted by Crippen LogP contribution is -2.31. The Morgan fingerprint density at radius 2 is 2.05 bits per heavy atom. The first kappa shape index (κ1) is 15.9. The van der Waals surface area contributed by atoms with E-state index in [1.165, 1.54) is 12.1 Å². The summed E-state index contributed by atoms with van der Waals surface area (Å²) in [6.07, 6.45) is 1.57. The third-order valence-electron chi connectivity index (χ3n) is 3.13. The Labute approximate surface area is 128 Å². The van der Waals surface area contributed by atoms with Gasteiger partial charge < -0.3 is 15.4 Å². The molecule has 1 amide bonds. The molecule has 6 heteroatoms. The number of nitrogens with two attached hydrogens (primary N) is 1. The van der Waals surface area contributed by atoms with Gasteiger partial charge in [-0.1, -0.05) is 0 Å². The fraction of sp³-hybridized carbons (Fsp3) is 0.250. The molecule has 2 aromatic rings. The zero-order valence-corrected chi connectivity index (χ0v) is 12.3. The molecule has 0 atom stereocenters. The highest BCUT2D eigenvalue weighted by molar-refractivity contribution is 5.94. The SMILES string of the molecule is CN(CCOc1ccc(F)cc1)C(=O)c1ccnc(CN)c1. The van der Waals surface area contributed by atoms with Gasteiger partial charge in [0.25, 0.3) is 5.91 Å². The largest absolute Gasteiger partial charge is 0.492 e. The fourth-order valence-electron chi connectivity index (χ4n) is 1.88. The highest BCUT2D eigenvalue weighted by Crippen LogP contribution is 2.11. The van der Waals surface area contributed by atoms with Crippen molar-refractivity contribution in [2.45, 2.75) is 6.54 Å². The molecule has 2 N–H and O–H groups in total. The molecule has 22 heavy (non-hydrogen) atoms. The molecule has 0 radical (unpaired) electrons. The number of hydrogen-bond donors (Lipinski definition) is 1. The minimum Gasteiger partial charge on any atom is -0.492 e. The van der Waals surface area contributed by atoms with Gasteiger partial charge >= 0.3 is 0 Å². The number of hydrogen-bond acceptors (Lipinski definition) is 4. The highest BCUT2D eigenvalue weighted by atomic mass is 19.1. The average Bonchev–Trinajstić information content (AvgIpc) is 2.56. The number of benzene rings is 1. The van der Waals surface area contributed by atoms with E-state index < -0.39 is 0 Å². The molecule has 0 fully saturated rings. The molecule has 0 saturated carbocycles. The summed E-state index contributed by atoms with van der Waals surface area (Å²) in [6, 6.07) is 9.09. The zero-order chi connectivity index (χ0) is 15.9. The van der Waals surface area contributed by atoms with Gasteiger partial charge in [0.05, 0.1) is 12.2 Å². The molecule has 0 saturated heterocycles. The summed E-state index contributed by atoms with van der Waals surface area (Å²) in [5.41, 5.74) is 6.73. The first-order valence-corrected chi connectivity index (χ1v) is 6.89. The molecule has 5 nitrogen and oxygen atoms in total. The van der Waals surface area contributed by atoms with Crippen molar-refractivity contribution in [1.29, 1.82) is 0 Å². The van der Waals surface area contributed by atoms with Gasteiger partial charge in [-0.25, -0.2) is 4.39 Å². The van der Waals surface area contributed by atoms with Crippen molar-refractivity contribution < 1.29 is 13.9 Å². The lowest BCUT2D eigenvalue weighted by molar-refractivity contribution is 0.0773. The summed E-state index contributed by atoms with van der Waals surface area (Å²) in [5, 5.41) is 0. The molecule has 0 unspecified atom stereocenters. The van der Waals surface area contributed by atoms with Crippen molar-refractivity contribution in [1.82, 2.24) is 9.88 Å². The van der Waals surface area contributed by atoms with Crippen LogP contribution in [0.25, 0.3) is 0 Å². The summed E-state index contributed by atoms with van der Waals surface area (Å²) in [7, 11) is 1.69. The van der Waals surface area contributed by atoms with Crippen LogP contribution in [0.2, 0.25) is 0 Å². The minimum absolute atomic E-state index is 0.125. The quantitative estimate of drug-likeness (QED) is 0.884. The number of likely N-dealkylation sites (N-methyl/N-ethyl adjacent to an activating group) is 1. The molecule has 2 rings (SSSR count). The van der Waals surface area contributed by atoms with Gasteiger partial charge in [0.1, 0.15) is 18.2 Å². The van der Waals surface area contributed by atoms with Crippen LogP contribution >= 0.6 is 0 Å². The number of carbonyl (C=O) groups excluding carboxylic acids is 1. The van der Waals surface area contributed by atoms with E-state index >= 15 is 0 Å². The molecule has 0 spiro atoms. The van der Waals surface area contributed by atoms with Crippen molar-refractivity contribution in [3.63, 3.8) is 0 Å². The van der Waals surface area contributed by atoms with Crippen LogP contribution in [0.3, 0.4) is 0 Å². The molecule has 0 aliphatic carbocycles. The minimum atomic E-state index is -0.312. The fourth-order valence-corrected chi connectivity index (χ4v) is 1.88. The average molecular weight is 303 g/mol. The molecule has 1 aromatic heterocycles. The van der Waals surface area contributed by atoms with E-state index in [2.05, 4.69) is 4.98 Å². The Hall–Kier alpha value is -2.47. The van der Waals surface area contributed by atoms with E-state index in [0.29, 0.717) is 36.7 Å². The van der Waals surface area contributed by atoms with Crippen LogP contribution in [0.4, 0.5) is 4.39 Å². The number of rotatable bonds is 6. The summed E-state index contributed by atoms with van der Waals surface area (Å²) in [4.78, 5) is 17.9. The lowest BCUT2D eigenvalue weighted by atomic mass is 10.2. The predicted octanol–water partition coefficient (Wildman–Crippen LogP) is 1.83. The van der Waals surface area contributed by atoms with Crippen LogP contribution in [0, 0.1) is 5.82 Å². The van der Waals surface area contributed by atoms with Crippen molar-refractivity contribution >= 4 is 5.91 Å². The van der Waals surface area contributed by atoms with Gasteiger partial charge in [-0.15, -0.1) is 0 Å². The van der Waals surface area contributed by atoms with Gasteiger partial charge in [0.2, 0.25) is 0 Å². The molecule has 116 valence electrons. The zero-order valence-electron chi connectivity index (χ0n) is 12.3. The van der Waals surface area contributed by atoms with Crippen LogP contribution in [0.1, 0.15) is 16.1 Å². The number of aromatic nitrogens is 1. The Morgan fingerprint density at radius 1 is 1.32 bits per heavy atom. The first-order valence-electron chi connectivity index (χ1n) is 6.89. The third kappa shape index (κ3) is 4.26. The number of halogens is 1. The van der Waals surface area contributed by atoms with E-state index in [1.54, 1.807) is 42.4 Å². The van der Waals surface area contributed by atoms with Crippen molar-refractivity contribution in [2.75, 3.05) is 20.2 Å². The lowest BCUT2D eigenvalue weighted by Gasteiger charge is -2.17. The van der Waals surface area contributed by atoms with Crippen LogP contribution in [0.5, 0.6) is 5.75 Å². The molecular weight excluding hydrogens is 285 g/mol. The highest BCUT2D eigenvalue weighted by Gasteiger charge is 2.12. The summed E-state index contributed by atoms with van der Waals surface area (Å²) >= 11 is 0. The van der Waals surface area contributed by atoms with E-state index in [0.717, 1.165) is 0 Å². The second-order valence-corrected chi connectivity index (χ2v) is 4.77. The monoisotopic (exact) mass is 303 g/mol. The van der Waals surface area contributed by atoms with Crippen LogP contribution in [-0.4, -0.2) is 36.0 Å². The molecule has 1 heterocycles. The van der Waals surface area contributed by atoms with Gasteiger partial charge in [-0.2, -0.15) is 0 Å². The maximum Gasteiger partial charge on any atom is 0.253 e. The molecule has 1 aromatic carbocycles. The van der Waals surface area contributed by atoms with Gasteiger partial charge in [-0.3, -0.25) is 9.78 Å². The Bertz CT molecular complexity index is 632. The smallest absolute Gasteiger partial charge is 0.253 e. The molecule has 0 bridgehead atoms. The summed E-state index contributed by atoms with van der Waals surface area (Å²) in [5.74, 6) is 0.129. The van der Waals surface area contributed by atoms with Gasteiger partial charge in [0.15, 0.2) is 0 Å². The second-order valence-electron chi connectivity index (χ2n) is 4.77. The van der Waals surface area contributed by atoms with Crippen LogP contribution in [-0.2, 0) is 6.54 Å². The normalized spacial score (nSPS) is 10.3. The molecular formula is C16H18FN3O2. The first-order chi connectivity index (χ1) is 10.6. The van der Waals surface area contributed by atoms with E-state index in [9.17, 15) is 9.18 Å². The number of carbonyl (C=O) groups is 1.